The molecule has 0 unspecified atom stereocenters. The van der Waals surface area contributed by atoms with Crippen molar-refractivity contribution in [2.45, 2.75) is 26.7 Å². The van der Waals surface area contributed by atoms with Crippen LogP contribution in [-0.4, -0.2) is 42.9 Å². The number of ether oxygens (including phenoxy) is 2. The summed E-state index contributed by atoms with van der Waals surface area (Å²) in [6, 6.07) is 14.4. The zero-order valence-corrected chi connectivity index (χ0v) is 19.0. The van der Waals surface area contributed by atoms with Crippen molar-refractivity contribution in [3.05, 3.63) is 65.7 Å². The lowest BCUT2D eigenvalue weighted by molar-refractivity contribution is -0.148. The lowest BCUT2D eigenvalue weighted by Gasteiger charge is -2.09. The summed E-state index contributed by atoms with van der Waals surface area (Å²) in [5.41, 5.74) is 5.57. The molecule has 0 aliphatic carbocycles. The Morgan fingerprint density at radius 2 is 1.44 bits per heavy atom. The van der Waals surface area contributed by atoms with Crippen molar-refractivity contribution in [1.82, 2.24) is 10.9 Å². The molecule has 2 aromatic rings. The van der Waals surface area contributed by atoms with Crippen molar-refractivity contribution in [1.29, 1.82) is 0 Å². The number of amides is 3. The highest BCUT2D eigenvalue weighted by molar-refractivity contribution is 5.96. The summed E-state index contributed by atoms with van der Waals surface area (Å²) in [4.78, 5) is 59.2. The van der Waals surface area contributed by atoms with Gasteiger partial charge in [0.1, 0.15) is 0 Å². The molecular formula is C24H27N3O7. The SMILES string of the molecule is CC(C)COC(=O)c1ccc(NC(=O)COC(=O)CCC(=O)NNC(=O)c2ccccc2)cc1. The van der Waals surface area contributed by atoms with Crippen molar-refractivity contribution in [3.63, 3.8) is 0 Å². The summed E-state index contributed by atoms with van der Waals surface area (Å²) in [6.45, 7) is 3.64. The van der Waals surface area contributed by atoms with Crippen LogP contribution in [0.4, 0.5) is 5.69 Å². The van der Waals surface area contributed by atoms with Gasteiger partial charge in [-0.05, 0) is 42.3 Å². The Balaban J connectivity index is 1.64. The zero-order valence-electron chi connectivity index (χ0n) is 19.0. The summed E-state index contributed by atoms with van der Waals surface area (Å²) < 4.78 is 9.97. The third kappa shape index (κ3) is 9.51. The van der Waals surface area contributed by atoms with Crippen molar-refractivity contribution in [2.24, 2.45) is 5.92 Å². The zero-order chi connectivity index (χ0) is 24.9. The molecule has 0 aliphatic rings. The van der Waals surface area contributed by atoms with Gasteiger partial charge >= 0.3 is 11.9 Å². The standard InChI is InChI=1S/C24H27N3O7/c1-16(2)14-34-24(32)18-8-10-19(11-9-18)25-21(29)15-33-22(30)13-12-20(28)26-27-23(31)17-6-4-3-5-7-17/h3-11,16H,12-15H2,1-2H3,(H,25,29)(H,26,28)(H,27,31). The fourth-order valence-corrected chi connectivity index (χ4v) is 2.50. The van der Waals surface area contributed by atoms with Crippen LogP contribution in [0, 0.1) is 5.92 Å². The molecule has 0 bridgehead atoms. The fourth-order valence-electron chi connectivity index (χ4n) is 2.50. The summed E-state index contributed by atoms with van der Waals surface area (Å²) in [6.07, 6.45) is -0.503. The molecule has 10 nitrogen and oxygen atoms in total. The Morgan fingerprint density at radius 3 is 2.09 bits per heavy atom. The molecule has 3 amide bonds. The second kappa shape index (κ2) is 13.4. The molecule has 0 spiro atoms. The van der Waals surface area contributed by atoms with E-state index in [1.807, 2.05) is 13.8 Å². The molecule has 0 heterocycles. The van der Waals surface area contributed by atoms with E-state index in [1.165, 1.54) is 24.3 Å². The molecular weight excluding hydrogens is 442 g/mol. The van der Waals surface area contributed by atoms with Gasteiger partial charge in [0.25, 0.3) is 11.8 Å². The van der Waals surface area contributed by atoms with Crippen LogP contribution in [0.3, 0.4) is 0 Å². The van der Waals surface area contributed by atoms with Crippen LogP contribution in [0.2, 0.25) is 0 Å². The van der Waals surface area contributed by atoms with Crippen molar-refractivity contribution in [2.75, 3.05) is 18.5 Å². The largest absolute Gasteiger partial charge is 0.462 e. The maximum atomic E-state index is 12.0. The van der Waals surface area contributed by atoms with E-state index in [0.29, 0.717) is 23.4 Å². The first-order chi connectivity index (χ1) is 16.2. The van der Waals surface area contributed by atoms with Crippen molar-refractivity contribution < 1.29 is 33.4 Å². The van der Waals surface area contributed by atoms with Gasteiger partial charge in [-0.1, -0.05) is 32.0 Å². The van der Waals surface area contributed by atoms with Crippen LogP contribution in [0.15, 0.2) is 54.6 Å². The maximum Gasteiger partial charge on any atom is 0.338 e. The molecule has 2 aromatic carbocycles. The number of benzene rings is 2. The fraction of sp³-hybridized carbons (Fsp3) is 0.292. The smallest absolute Gasteiger partial charge is 0.338 e. The first-order valence-electron chi connectivity index (χ1n) is 10.6. The molecule has 0 atom stereocenters. The molecule has 10 heteroatoms. The molecule has 0 radical (unpaired) electrons. The van der Waals surface area contributed by atoms with E-state index < -0.39 is 36.3 Å². The highest BCUT2D eigenvalue weighted by atomic mass is 16.5. The van der Waals surface area contributed by atoms with Crippen LogP contribution >= 0.6 is 0 Å². The maximum absolute atomic E-state index is 12.0. The Labute approximate surface area is 197 Å². The van der Waals surface area contributed by atoms with Gasteiger partial charge in [-0.2, -0.15) is 0 Å². The third-order valence-corrected chi connectivity index (χ3v) is 4.22. The number of hydrazine groups is 1. The van der Waals surface area contributed by atoms with E-state index in [9.17, 15) is 24.0 Å². The van der Waals surface area contributed by atoms with Gasteiger partial charge in [0, 0.05) is 17.7 Å². The van der Waals surface area contributed by atoms with Crippen LogP contribution in [0.25, 0.3) is 0 Å². The first kappa shape index (κ1) is 26.0. The quantitative estimate of drug-likeness (QED) is 0.358. The minimum atomic E-state index is -0.747. The Bertz CT molecular complexity index is 1000. The molecule has 0 aromatic heterocycles. The number of carbonyl (C=O) groups is 5. The van der Waals surface area contributed by atoms with Crippen molar-refractivity contribution >= 4 is 35.3 Å². The predicted molar refractivity (Wildman–Crippen MR) is 122 cm³/mol. The highest BCUT2D eigenvalue weighted by Gasteiger charge is 2.13. The molecule has 3 N–H and O–H groups in total. The molecule has 0 fully saturated rings. The van der Waals surface area contributed by atoms with E-state index in [-0.39, 0.29) is 18.8 Å². The minimum absolute atomic E-state index is 0.222. The van der Waals surface area contributed by atoms with Gasteiger partial charge in [-0.3, -0.25) is 30.0 Å². The summed E-state index contributed by atoms with van der Waals surface area (Å²) in [7, 11) is 0. The molecule has 180 valence electrons. The van der Waals surface area contributed by atoms with Crippen LogP contribution in [0.5, 0.6) is 0 Å². The molecule has 0 aliphatic heterocycles. The lowest BCUT2D eigenvalue weighted by atomic mass is 10.2. The van der Waals surface area contributed by atoms with Gasteiger partial charge < -0.3 is 14.8 Å². The summed E-state index contributed by atoms with van der Waals surface area (Å²) in [5.74, 6) is -2.64. The summed E-state index contributed by atoms with van der Waals surface area (Å²) in [5, 5.41) is 2.53. The van der Waals surface area contributed by atoms with Crippen LogP contribution < -0.4 is 16.2 Å². The number of hydrogen-bond donors (Lipinski definition) is 3. The number of nitrogens with one attached hydrogen (secondary N) is 3. The average molecular weight is 469 g/mol. The Kier molecular flexibility index (Phi) is 10.2. The number of hydrogen-bond acceptors (Lipinski definition) is 7. The Morgan fingerprint density at radius 1 is 0.765 bits per heavy atom. The van der Waals surface area contributed by atoms with E-state index in [0.717, 1.165) is 0 Å². The topological polar surface area (TPSA) is 140 Å². The monoisotopic (exact) mass is 469 g/mol. The normalized spacial score (nSPS) is 10.2. The highest BCUT2D eigenvalue weighted by Crippen LogP contribution is 2.11. The van der Waals surface area contributed by atoms with E-state index in [1.54, 1.807) is 30.3 Å². The second-order valence-corrected chi connectivity index (χ2v) is 7.65. The van der Waals surface area contributed by atoms with Gasteiger partial charge in [-0.25, -0.2) is 4.79 Å². The lowest BCUT2D eigenvalue weighted by Crippen LogP contribution is -2.41. The number of esters is 2. The molecule has 34 heavy (non-hydrogen) atoms. The number of anilines is 1. The minimum Gasteiger partial charge on any atom is -0.462 e. The second-order valence-electron chi connectivity index (χ2n) is 7.65. The van der Waals surface area contributed by atoms with Crippen LogP contribution in [0.1, 0.15) is 47.4 Å². The molecule has 2 rings (SSSR count). The van der Waals surface area contributed by atoms with E-state index >= 15 is 0 Å². The van der Waals surface area contributed by atoms with Gasteiger partial charge in [0.2, 0.25) is 5.91 Å². The van der Waals surface area contributed by atoms with Crippen molar-refractivity contribution in [3.8, 4) is 0 Å². The van der Waals surface area contributed by atoms with Gasteiger partial charge in [-0.15, -0.1) is 0 Å². The molecule has 0 saturated carbocycles. The van der Waals surface area contributed by atoms with Crippen LogP contribution in [-0.2, 0) is 23.9 Å². The van der Waals surface area contributed by atoms with Gasteiger partial charge in [0.05, 0.1) is 18.6 Å². The number of rotatable bonds is 10. The third-order valence-electron chi connectivity index (χ3n) is 4.22. The average Bonchev–Trinajstić information content (AvgIpc) is 2.84. The molecule has 0 saturated heterocycles. The summed E-state index contributed by atoms with van der Waals surface area (Å²) >= 11 is 0. The first-order valence-corrected chi connectivity index (χ1v) is 10.6. The van der Waals surface area contributed by atoms with E-state index in [2.05, 4.69) is 16.2 Å². The van der Waals surface area contributed by atoms with E-state index in [4.69, 9.17) is 9.47 Å². The van der Waals surface area contributed by atoms with Gasteiger partial charge in [0.15, 0.2) is 6.61 Å². The Hall–Kier alpha value is -4.21. The number of carbonyl (C=O) groups excluding carboxylic acids is 5. The predicted octanol–water partition coefficient (Wildman–Crippen LogP) is 2.22.